The summed E-state index contributed by atoms with van der Waals surface area (Å²) < 4.78 is 0. The first-order valence-electron chi connectivity index (χ1n) is 2.11. The van der Waals surface area contributed by atoms with E-state index in [-0.39, 0.29) is 24.8 Å². The van der Waals surface area contributed by atoms with Gasteiger partial charge in [-0.2, -0.15) is 0 Å². The summed E-state index contributed by atoms with van der Waals surface area (Å²) in [5.41, 5.74) is 10.9. The first-order chi connectivity index (χ1) is 3.80. The van der Waals surface area contributed by atoms with E-state index in [1.807, 2.05) is 0 Å². The molecule has 0 aromatic carbocycles. The molecular weight excluding hydrogens is 175 g/mol. The molecule has 0 aliphatic rings. The summed E-state index contributed by atoms with van der Waals surface area (Å²) in [6.07, 6.45) is 2.81. The lowest BCUT2D eigenvalue weighted by Crippen LogP contribution is -1.97. The van der Waals surface area contributed by atoms with Crippen molar-refractivity contribution in [2.75, 3.05) is 11.5 Å². The van der Waals surface area contributed by atoms with Gasteiger partial charge in [-0.15, -0.1) is 24.8 Å². The second-order valence-electron chi connectivity index (χ2n) is 1.36. The van der Waals surface area contributed by atoms with Crippen LogP contribution in [0.4, 0.5) is 11.5 Å². The van der Waals surface area contributed by atoms with Crippen LogP contribution in [0.1, 0.15) is 0 Å². The topological polar surface area (TPSA) is 77.8 Å². The van der Waals surface area contributed by atoms with Crippen LogP contribution in [0.3, 0.4) is 0 Å². The lowest BCUT2D eigenvalue weighted by Gasteiger charge is -1.91. The molecule has 0 aliphatic heterocycles. The molecule has 0 spiro atoms. The van der Waals surface area contributed by atoms with E-state index in [4.69, 9.17) is 11.5 Å². The molecule has 0 amide bonds. The minimum Gasteiger partial charge on any atom is -0.394 e. The van der Waals surface area contributed by atoms with Crippen molar-refractivity contribution in [3.05, 3.63) is 12.5 Å². The van der Waals surface area contributed by atoms with Gasteiger partial charge in [0.1, 0.15) is 12.1 Å². The van der Waals surface area contributed by atoms with Crippen LogP contribution in [0.15, 0.2) is 12.5 Å². The Morgan fingerprint density at radius 3 is 2.10 bits per heavy atom. The van der Waals surface area contributed by atoms with Crippen molar-refractivity contribution < 1.29 is 0 Å². The Morgan fingerprint density at radius 1 is 1.20 bits per heavy atom. The number of aromatic nitrogens is 2. The van der Waals surface area contributed by atoms with Crippen LogP contribution >= 0.6 is 24.8 Å². The summed E-state index contributed by atoms with van der Waals surface area (Å²) in [5.74, 6) is 0.333. The van der Waals surface area contributed by atoms with Gasteiger partial charge in [0.2, 0.25) is 0 Å². The number of nitrogens with zero attached hydrogens (tertiary/aromatic N) is 2. The lowest BCUT2D eigenvalue weighted by atomic mass is 10.5. The quantitative estimate of drug-likeness (QED) is 0.613. The third kappa shape index (κ3) is 2.70. The van der Waals surface area contributed by atoms with E-state index in [1.165, 1.54) is 12.5 Å². The number of anilines is 2. The number of hydrogen-bond acceptors (Lipinski definition) is 4. The summed E-state index contributed by atoms with van der Waals surface area (Å²) in [4.78, 5) is 7.25. The fourth-order valence-electron chi connectivity index (χ4n) is 0.350. The van der Waals surface area contributed by atoms with E-state index in [0.29, 0.717) is 11.5 Å². The van der Waals surface area contributed by atoms with E-state index in [1.54, 1.807) is 0 Å². The maximum Gasteiger partial charge on any atom is 0.150 e. The van der Waals surface area contributed by atoms with Crippen LogP contribution < -0.4 is 11.5 Å². The van der Waals surface area contributed by atoms with E-state index < -0.39 is 0 Å². The fraction of sp³-hybridized carbons (Fsp3) is 0. The SMILES string of the molecule is Cl.Cl.Nc1cncnc1N. The summed E-state index contributed by atoms with van der Waals surface area (Å²) in [6.45, 7) is 0. The highest BCUT2D eigenvalue weighted by Gasteiger charge is 1.88. The maximum atomic E-state index is 5.27. The van der Waals surface area contributed by atoms with Gasteiger partial charge >= 0.3 is 0 Å². The molecule has 1 heterocycles. The van der Waals surface area contributed by atoms with Crippen LogP contribution in [-0.2, 0) is 0 Å². The fourth-order valence-corrected chi connectivity index (χ4v) is 0.350. The zero-order valence-corrected chi connectivity index (χ0v) is 6.65. The Balaban J connectivity index is 0. The van der Waals surface area contributed by atoms with Crippen molar-refractivity contribution in [2.24, 2.45) is 0 Å². The van der Waals surface area contributed by atoms with Crippen molar-refractivity contribution >= 4 is 36.3 Å². The molecule has 0 aliphatic carbocycles. The Bertz CT molecular complexity index is 171. The van der Waals surface area contributed by atoms with Crippen molar-refractivity contribution in [1.29, 1.82) is 0 Å². The minimum atomic E-state index is 0. The molecule has 1 aromatic heterocycles. The smallest absolute Gasteiger partial charge is 0.150 e. The number of nitrogen functional groups attached to an aromatic ring is 2. The second kappa shape index (κ2) is 5.08. The molecular formula is C4H8Cl2N4. The normalized spacial score (nSPS) is 7.20. The molecule has 0 radical (unpaired) electrons. The molecule has 0 unspecified atom stereocenters. The molecule has 10 heavy (non-hydrogen) atoms. The van der Waals surface area contributed by atoms with Crippen molar-refractivity contribution in [1.82, 2.24) is 9.97 Å². The van der Waals surface area contributed by atoms with Gasteiger partial charge in [-0.3, -0.25) is 0 Å². The van der Waals surface area contributed by atoms with Gasteiger partial charge in [-0.05, 0) is 0 Å². The number of rotatable bonds is 0. The van der Waals surface area contributed by atoms with Crippen molar-refractivity contribution in [2.45, 2.75) is 0 Å². The summed E-state index contributed by atoms with van der Waals surface area (Å²) in [5, 5.41) is 0. The van der Waals surface area contributed by atoms with Crippen LogP contribution in [0.2, 0.25) is 0 Å². The van der Waals surface area contributed by atoms with Crippen molar-refractivity contribution in [3.63, 3.8) is 0 Å². The Kier molecular flexibility index (Phi) is 6.09. The zero-order chi connectivity index (χ0) is 5.98. The predicted octanol–water partition coefficient (Wildman–Crippen LogP) is 0.485. The van der Waals surface area contributed by atoms with Gasteiger partial charge in [-0.1, -0.05) is 0 Å². The first kappa shape index (κ1) is 12.0. The van der Waals surface area contributed by atoms with Gasteiger partial charge in [0.15, 0.2) is 0 Å². The molecule has 0 saturated heterocycles. The third-order valence-corrected chi connectivity index (χ3v) is 0.773. The van der Waals surface area contributed by atoms with Gasteiger partial charge in [0.05, 0.1) is 11.9 Å². The highest BCUT2D eigenvalue weighted by molar-refractivity contribution is 5.85. The first-order valence-corrected chi connectivity index (χ1v) is 2.11. The molecule has 58 valence electrons. The second-order valence-corrected chi connectivity index (χ2v) is 1.36. The number of nitrogens with two attached hydrogens (primary N) is 2. The highest BCUT2D eigenvalue weighted by atomic mass is 35.5. The maximum absolute atomic E-state index is 5.27. The largest absolute Gasteiger partial charge is 0.394 e. The Morgan fingerprint density at radius 2 is 1.80 bits per heavy atom. The van der Waals surface area contributed by atoms with E-state index in [2.05, 4.69) is 9.97 Å². The van der Waals surface area contributed by atoms with E-state index in [0.717, 1.165) is 0 Å². The Hall–Kier alpha value is -0.740. The van der Waals surface area contributed by atoms with Crippen LogP contribution in [-0.4, -0.2) is 9.97 Å². The molecule has 0 saturated carbocycles. The third-order valence-electron chi connectivity index (χ3n) is 0.773. The average molecular weight is 183 g/mol. The number of halogens is 2. The standard InChI is InChI=1S/C4H6N4.2ClH/c5-3-1-7-2-8-4(3)6;;/h1-2H,5H2,(H2,6,7,8);2*1H. The summed E-state index contributed by atoms with van der Waals surface area (Å²) >= 11 is 0. The average Bonchev–Trinajstić information content (AvgIpc) is 1.77. The molecule has 1 rings (SSSR count). The molecule has 0 fully saturated rings. The molecule has 1 aromatic rings. The molecule has 6 heteroatoms. The summed E-state index contributed by atoms with van der Waals surface area (Å²) in [6, 6.07) is 0. The molecule has 4 nitrogen and oxygen atoms in total. The highest BCUT2D eigenvalue weighted by Crippen LogP contribution is 2.03. The zero-order valence-electron chi connectivity index (χ0n) is 5.02. The molecule has 0 atom stereocenters. The lowest BCUT2D eigenvalue weighted by molar-refractivity contribution is 1.18. The van der Waals surface area contributed by atoms with Crippen LogP contribution in [0.5, 0.6) is 0 Å². The van der Waals surface area contributed by atoms with E-state index in [9.17, 15) is 0 Å². The van der Waals surface area contributed by atoms with Crippen molar-refractivity contribution in [3.8, 4) is 0 Å². The number of hydrogen-bond donors (Lipinski definition) is 2. The van der Waals surface area contributed by atoms with Crippen LogP contribution in [0.25, 0.3) is 0 Å². The van der Waals surface area contributed by atoms with Gasteiger partial charge in [0.25, 0.3) is 0 Å². The minimum absolute atomic E-state index is 0. The molecule has 4 N–H and O–H groups in total. The Labute approximate surface area is 70.9 Å². The van der Waals surface area contributed by atoms with Gasteiger partial charge in [0, 0.05) is 0 Å². The van der Waals surface area contributed by atoms with Crippen LogP contribution in [0, 0.1) is 0 Å². The predicted molar refractivity (Wildman–Crippen MR) is 45.4 cm³/mol. The van der Waals surface area contributed by atoms with E-state index >= 15 is 0 Å². The van der Waals surface area contributed by atoms with Gasteiger partial charge in [-0.25, -0.2) is 9.97 Å². The summed E-state index contributed by atoms with van der Waals surface area (Å²) in [7, 11) is 0. The molecule has 0 bridgehead atoms. The van der Waals surface area contributed by atoms with Gasteiger partial charge < -0.3 is 11.5 Å². The monoisotopic (exact) mass is 182 g/mol.